The van der Waals surface area contributed by atoms with Crippen LogP contribution in [0.4, 0.5) is 0 Å². The van der Waals surface area contributed by atoms with E-state index in [-0.39, 0.29) is 9.89 Å². The molecule has 1 unspecified atom stereocenters. The number of halogens is 1. The Bertz CT molecular complexity index is 171. The average molecular weight is 340 g/mol. The molecule has 0 aliphatic carbocycles. The number of alkyl halides is 1. The van der Waals surface area contributed by atoms with E-state index in [1.807, 2.05) is 0 Å². The third kappa shape index (κ3) is 9.43. The molecule has 0 aromatic rings. The molecule has 0 saturated carbocycles. The van der Waals surface area contributed by atoms with Crippen LogP contribution in [0.1, 0.15) is 65.2 Å². The van der Waals surface area contributed by atoms with Gasteiger partial charge in [-0.2, -0.15) is 0 Å². The molecule has 0 spiro atoms. The summed E-state index contributed by atoms with van der Waals surface area (Å²) in [6.45, 7) is 4.91. The van der Waals surface area contributed by atoms with E-state index in [4.69, 9.17) is 4.74 Å². The summed E-state index contributed by atoms with van der Waals surface area (Å²) in [5, 5.41) is 0. The lowest BCUT2D eigenvalue weighted by Gasteiger charge is -2.08. The first-order valence-electron chi connectivity index (χ1n) is 6.53. The highest BCUT2D eigenvalue weighted by Gasteiger charge is 2.14. The van der Waals surface area contributed by atoms with Gasteiger partial charge >= 0.3 is 5.97 Å². The van der Waals surface area contributed by atoms with Gasteiger partial charge < -0.3 is 4.74 Å². The van der Waals surface area contributed by atoms with Gasteiger partial charge in [-0.3, -0.25) is 4.79 Å². The summed E-state index contributed by atoms with van der Waals surface area (Å²) in [7, 11) is 0. The normalized spacial score (nSPS) is 12.4. The first kappa shape index (κ1) is 16.2. The van der Waals surface area contributed by atoms with Crippen LogP contribution >= 0.6 is 22.6 Å². The summed E-state index contributed by atoms with van der Waals surface area (Å²) in [6, 6.07) is 0. The molecule has 2 nitrogen and oxygen atoms in total. The summed E-state index contributed by atoms with van der Waals surface area (Å²) in [5.41, 5.74) is 0. The Morgan fingerprint density at radius 2 is 1.69 bits per heavy atom. The zero-order chi connectivity index (χ0) is 12.2. The van der Waals surface area contributed by atoms with Crippen LogP contribution in [0, 0.1) is 0 Å². The van der Waals surface area contributed by atoms with E-state index in [2.05, 4.69) is 36.4 Å². The van der Waals surface area contributed by atoms with Crippen molar-refractivity contribution in [1.82, 2.24) is 0 Å². The van der Waals surface area contributed by atoms with Crippen LogP contribution < -0.4 is 0 Å². The monoisotopic (exact) mass is 340 g/mol. The molecule has 0 N–H and O–H groups in total. The molecule has 0 saturated heterocycles. The number of hydrogen-bond donors (Lipinski definition) is 0. The molecule has 16 heavy (non-hydrogen) atoms. The van der Waals surface area contributed by atoms with Crippen LogP contribution in [0.15, 0.2) is 0 Å². The smallest absolute Gasteiger partial charge is 0.318 e. The van der Waals surface area contributed by atoms with Crippen molar-refractivity contribution in [1.29, 1.82) is 0 Å². The van der Waals surface area contributed by atoms with Gasteiger partial charge in [0.1, 0.15) is 3.92 Å². The number of carbonyl (C=O) groups is 1. The van der Waals surface area contributed by atoms with Crippen molar-refractivity contribution in [3.63, 3.8) is 0 Å². The molecular formula is C13H25IO2. The van der Waals surface area contributed by atoms with Crippen LogP contribution in [0.25, 0.3) is 0 Å². The number of esters is 1. The second kappa shape index (κ2) is 11.7. The standard InChI is InChI=1S/C13H25IO2/c1-3-5-6-7-8-9-11-16-13(15)12(14)10-4-2/h12H,3-11H2,1-2H3. The molecule has 0 amide bonds. The van der Waals surface area contributed by atoms with Gasteiger partial charge in [0.2, 0.25) is 0 Å². The molecule has 0 rings (SSSR count). The van der Waals surface area contributed by atoms with E-state index in [0.29, 0.717) is 6.61 Å². The van der Waals surface area contributed by atoms with Crippen molar-refractivity contribution in [3.8, 4) is 0 Å². The molecule has 0 heterocycles. The van der Waals surface area contributed by atoms with Gasteiger partial charge in [-0.25, -0.2) is 0 Å². The van der Waals surface area contributed by atoms with Crippen LogP contribution in [0.2, 0.25) is 0 Å². The molecular weight excluding hydrogens is 315 g/mol. The third-order valence-corrected chi connectivity index (χ3v) is 3.67. The lowest BCUT2D eigenvalue weighted by atomic mass is 10.1. The fourth-order valence-electron chi connectivity index (χ4n) is 1.52. The molecule has 96 valence electrons. The predicted molar refractivity (Wildman–Crippen MR) is 77.1 cm³/mol. The highest BCUT2D eigenvalue weighted by Crippen LogP contribution is 2.11. The van der Waals surface area contributed by atoms with E-state index >= 15 is 0 Å². The van der Waals surface area contributed by atoms with Crippen LogP contribution in [-0.2, 0) is 9.53 Å². The van der Waals surface area contributed by atoms with Gasteiger partial charge in [0.05, 0.1) is 6.61 Å². The van der Waals surface area contributed by atoms with Crippen molar-refractivity contribution in [2.45, 2.75) is 69.1 Å². The fraction of sp³-hybridized carbons (Fsp3) is 0.923. The van der Waals surface area contributed by atoms with E-state index in [9.17, 15) is 4.79 Å². The minimum atomic E-state index is -0.0315. The maximum absolute atomic E-state index is 11.4. The summed E-state index contributed by atoms with van der Waals surface area (Å²) < 4.78 is 5.26. The first-order chi connectivity index (χ1) is 7.72. The van der Waals surface area contributed by atoms with Crippen molar-refractivity contribution in [3.05, 3.63) is 0 Å². The molecule has 0 aromatic heterocycles. The zero-order valence-corrected chi connectivity index (χ0v) is 12.8. The Morgan fingerprint density at radius 3 is 2.31 bits per heavy atom. The number of unbranched alkanes of at least 4 members (excludes halogenated alkanes) is 5. The van der Waals surface area contributed by atoms with Gasteiger partial charge in [-0.15, -0.1) is 0 Å². The highest BCUT2D eigenvalue weighted by molar-refractivity contribution is 14.1. The maximum atomic E-state index is 11.4. The number of carbonyl (C=O) groups excluding carboxylic acids is 1. The molecule has 0 aromatic carbocycles. The molecule has 1 atom stereocenters. The van der Waals surface area contributed by atoms with E-state index in [1.54, 1.807) is 0 Å². The van der Waals surface area contributed by atoms with E-state index in [1.165, 1.54) is 32.1 Å². The molecule has 3 heteroatoms. The minimum absolute atomic E-state index is 0.0315. The highest BCUT2D eigenvalue weighted by atomic mass is 127. The van der Waals surface area contributed by atoms with Crippen molar-refractivity contribution < 1.29 is 9.53 Å². The number of ether oxygens (including phenoxy) is 1. The average Bonchev–Trinajstić information content (AvgIpc) is 2.28. The van der Waals surface area contributed by atoms with Crippen LogP contribution in [0.5, 0.6) is 0 Å². The van der Waals surface area contributed by atoms with E-state index in [0.717, 1.165) is 19.3 Å². The predicted octanol–water partition coefficient (Wildman–Crippen LogP) is 4.49. The Morgan fingerprint density at radius 1 is 1.06 bits per heavy atom. The van der Waals surface area contributed by atoms with E-state index < -0.39 is 0 Å². The summed E-state index contributed by atoms with van der Waals surface area (Å²) in [5.74, 6) is -0.0315. The molecule has 0 fully saturated rings. The van der Waals surface area contributed by atoms with Crippen LogP contribution in [0.3, 0.4) is 0 Å². The van der Waals surface area contributed by atoms with Crippen LogP contribution in [-0.4, -0.2) is 16.5 Å². The Labute approximate surface area is 114 Å². The topological polar surface area (TPSA) is 26.3 Å². The molecule has 0 aliphatic rings. The Hall–Kier alpha value is 0.200. The Balaban J connectivity index is 3.27. The molecule has 0 aliphatic heterocycles. The summed E-state index contributed by atoms with van der Waals surface area (Å²) in [6.07, 6.45) is 9.37. The lowest BCUT2D eigenvalue weighted by Crippen LogP contribution is -2.17. The molecule has 0 radical (unpaired) electrons. The fourth-order valence-corrected chi connectivity index (χ4v) is 2.32. The second-order valence-corrected chi connectivity index (χ2v) is 5.70. The maximum Gasteiger partial charge on any atom is 0.318 e. The van der Waals surface area contributed by atoms with Gasteiger partial charge in [-0.1, -0.05) is 75.0 Å². The van der Waals surface area contributed by atoms with Gasteiger partial charge in [0.25, 0.3) is 0 Å². The summed E-state index contributed by atoms with van der Waals surface area (Å²) >= 11 is 2.17. The quantitative estimate of drug-likeness (QED) is 0.253. The number of hydrogen-bond acceptors (Lipinski definition) is 2. The largest absolute Gasteiger partial charge is 0.465 e. The minimum Gasteiger partial charge on any atom is -0.465 e. The lowest BCUT2D eigenvalue weighted by molar-refractivity contribution is -0.142. The third-order valence-electron chi connectivity index (χ3n) is 2.54. The molecule has 0 bridgehead atoms. The van der Waals surface area contributed by atoms with Crippen molar-refractivity contribution >= 4 is 28.6 Å². The number of rotatable bonds is 10. The van der Waals surface area contributed by atoms with Crippen molar-refractivity contribution in [2.24, 2.45) is 0 Å². The second-order valence-electron chi connectivity index (χ2n) is 4.19. The zero-order valence-electron chi connectivity index (χ0n) is 10.6. The SMILES string of the molecule is CCCCCCCCOC(=O)C(I)CCC. The van der Waals surface area contributed by atoms with Gasteiger partial charge in [0.15, 0.2) is 0 Å². The first-order valence-corrected chi connectivity index (χ1v) is 7.77. The summed E-state index contributed by atoms with van der Waals surface area (Å²) in [4.78, 5) is 11.4. The van der Waals surface area contributed by atoms with Gasteiger partial charge in [-0.05, 0) is 12.8 Å². The van der Waals surface area contributed by atoms with Crippen molar-refractivity contribution in [2.75, 3.05) is 6.61 Å². The van der Waals surface area contributed by atoms with Gasteiger partial charge in [0, 0.05) is 0 Å². The Kier molecular flexibility index (Phi) is 11.8.